The standard InChI is InChI=1S/C30H20ClN5O2/c31-23-13-7-5-11-21(23)16-33-37-17-25-34-29-28-26(20-9-2-1-3-10-20)27-22-12-6-4-8-19(22)14-15-24(27)38-30(28)32-18-36(29)35-25/h1-16,18,26H,17H2. The van der Waals surface area contributed by atoms with Gasteiger partial charge in [0.25, 0.3) is 0 Å². The lowest BCUT2D eigenvalue weighted by Crippen LogP contribution is -2.15. The fraction of sp³-hybridized carbons (Fsp3) is 0.0667. The Hall–Kier alpha value is -4.75. The summed E-state index contributed by atoms with van der Waals surface area (Å²) >= 11 is 6.18. The number of aromatic nitrogens is 4. The van der Waals surface area contributed by atoms with Crippen molar-refractivity contribution in [3.8, 4) is 11.6 Å². The molecule has 0 aliphatic carbocycles. The fourth-order valence-corrected chi connectivity index (χ4v) is 5.14. The van der Waals surface area contributed by atoms with E-state index in [1.807, 2.05) is 48.5 Å². The third-order valence-corrected chi connectivity index (χ3v) is 6.99. The zero-order chi connectivity index (χ0) is 25.5. The van der Waals surface area contributed by atoms with Crippen molar-refractivity contribution in [2.75, 3.05) is 0 Å². The molecule has 7 nitrogen and oxygen atoms in total. The van der Waals surface area contributed by atoms with Gasteiger partial charge in [-0.3, -0.25) is 0 Å². The number of halogens is 1. The van der Waals surface area contributed by atoms with Crippen LogP contribution in [-0.4, -0.2) is 25.8 Å². The minimum atomic E-state index is -0.145. The Balaban J connectivity index is 1.31. The van der Waals surface area contributed by atoms with E-state index in [-0.39, 0.29) is 12.5 Å². The predicted octanol–water partition coefficient (Wildman–Crippen LogP) is 6.77. The van der Waals surface area contributed by atoms with Gasteiger partial charge in [-0.15, -0.1) is 5.10 Å². The first-order chi connectivity index (χ1) is 18.8. The normalized spacial score (nSPS) is 14.4. The molecule has 2 aromatic heterocycles. The number of ether oxygens (including phenoxy) is 1. The van der Waals surface area contributed by atoms with Crippen molar-refractivity contribution in [2.45, 2.75) is 12.5 Å². The highest BCUT2D eigenvalue weighted by atomic mass is 35.5. The van der Waals surface area contributed by atoms with E-state index in [2.05, 4.69) is 51.6 Å². The molecule has 0 amide bonds. The minimum Gasteiger partial charge on any atom is -0.438 e. The lowest BCUT2D eigenvalue weighted by molar-refractivity contribution is 0.126. The Labute approximate surface area is 222 Å². The number of fused-ring (bicyclic) bond motifs is 6. The van der Waals surface area contributed by atoms with Gasteiger partial charge in [0, 0.05) is 22.1 Å². The van der Waals surface area contributed by atoms with Crippen LogP contribution < -0.4 is 4.74 Å². The van der Waals surface area contributed by atoms with Crippen LogP contribution in [0, 0.1) is 0 Å². The Kier molecular flexibility index (Phi) is 5.48. The van der Waals surface area contributed by atoms with Crippen molar-refractivity contribution in [2.24, 2.45) is 5.16 Å². The van der Waals surface area contributed by atoms with Crippen LogP contribution in [0.2, 0.25) is 5.02 Å². The summed E-state index contributed by atoms with van der Waals surface area (Å²) in [6.07, 6.45) is 3.19. The summed E-state index contributed by atoms with van der Waals surface area (Å²) in [4.78, 5) is 14.9. The molecule has 1 atom stereocenters. The number of hydrogen-bond acceptors (Lipinski definition) is 6. The van der Waals surface area contributed by atoms with Crippen LogP contribution in [0.4, 0.5) is 0 Å². The van der Waals surface area contributed by atoms with Crippen molar-refractivity contribution < 1.29 is 9.57 Å². The molecule has 0 N–H and O–H groups in total. The highest BCUT2D eigenvalue weighted by Crippen LogP contribution is 2.50. The van der Waals surface area contributed by atoms with Gasteiger partial charge < -0.3 is 9.57 Å². The molecule has 0 bridgehead atoms. The molecular weight excluding hydrogens is 498 g/mol. The largest absolute Gasteiger partial charge is 0.438 e. The van der Waals surface area contributed by atoms with Gasteiger partial charge in [0.05, 0.1) is 11.8 Å². The molecule has 0 saturated carbocycles. The Morgan fingerprint density at radius 2 is 1.74 bits per heavy atom. The molecule has 3 heterocycles. The first kappa shape index (κ1) is 22.4. The highest BCUT2D eigenvalue weighted by Gasteiger charge is 2.34. The topological polar surface area (TPSA) is 73.9 Å². The maximum Gasteiger partial charge on any atom is 0.228 e. The molecular formula is C30H20ClN5O2. The second-order valence-corrected chi connectivity index (χ2v) is 9.34. The summed E-state index contributed by atoms with van der Waals surface area (Å²) < 4.78 is 8.03. The van der Waals surface area contributed by atoms with Gasteiger partial charge in [-0.1, -0.05) is 95.6 Å². The van der Waals surface area contributed by atoms with Crippen molar-refractivity contribution >= 4 is 34.2 Å². The van der Waals surface area contributed by atoms with E-state index < -0.39 is 0 Å². The first-order valence-electron chi connectivity index (χ1n) is 12.1. The van der Waals surface area contributed by atoms with Crippen molar-refractivity contribution in [3.63, 3.8) is 0 Å². The van der Waals surface area contributed by atoms with Gasteiger partial charge in [-0.2, -0.15) is 0 Å². The second kappa shape index (κ2) is 9.28. The SMILES string of the molecule is Clc1ccccc1C=NOCc1nc2c3c(ncn2n1)Oc1ccc2ccccc2c1C3c1ccccc1. The van der Waals surface area contributed by atoms with Crippen LogP contribution in [-0.2, 0) is 11.4 Å². The van der Waals surface area contributed by atoms with E-state index >= 15 is 0 Å². The Morgan fingerprint density at radius 1 is 0.921 bits per heavy atom. The van der Waals surface area contributed by atoms with Gasteiger partial charge >= 0.3 is 0 Å². The summed E-state index contributed by atoms with van der Waals surface area (Å²) in [6.45, 7) is 0.0911. The minimum absolute atomic E-state index is 0.0911. The van der Waals surface area contributed by atoms with Crippen LogP contribution in [0.3, 0.4) is 0 Å². The third kappa shape index (κ3) is 3.84. The smallest absolute Gasteiger partial charge is 0.228 e. The zero-order valence-electron chi connectivity index (χ0n) is 20.0. The van der Waals surface area contributed by atoms with E-state index in [1.165, 1.54) is 0 Å². The van der Waals surface area contributed by atoms with Gasteiger partial charge in [0.1, 0.15) is 12.1 Å². The second-order valence-electron chi connectivity index (χ2n) is 8.93. The number of hydrogen-bond donors (Lipinski definition) is 0. The molecule has 0 saturated heterocycles. The number of benzene rings is 4. The third-order valence-electron chi connectivity index (χ3n) is 6.64. The fourth-order valence-electron chi connectivity index (χ4n) is 4.96. The lowest BCUT2D eigenvalue weighted by Gasteiger charge is -2.29. The summed E-state index contributed by atoms with van der Waals surface area (Å²) in [5.74, 6) is 1.64. The summed E-state index contributed by atoms with van der Waals surface area (Å²) in [6, 6.07) is 30.2. The summed E-state index contributed by atoms with van der Waals surface area (Å²) in [7, 11) is 0. The van der Waals surface area contributed by atoms with E-state index in [0.29, 0.717) is 22.4 Å². The number of rotatable bonds is 5. The van der Waals surface area contributed by atoms with Gasteiger partial charge in [-0.25, -0.2) is 14.5 Å². The van der Waals surface area contributed by atoms with Crippen LogP contribution in [0.15, 0.2) is 102 Å². The molecule has 0 fully saturated rings. The van der Waals surface area contributed by atoms with Gasteiger partial charge in [-0.05, 0) is 28.5 Å². The van der Waals surface area contributed by atoms with Crippen molar-refractivity contribution in [3.05, 3.63) is 130 Å². The Bertz CT molecular complexity index is 1830. The molecule has 4 aromatic carbocycles. The molecule has 1 aliphatic rings. The zero-order valence-corrected chi connectivity index (χ0v) is 20.8. The average Bonchev–Trinajstić information content (AvgIpc) is 3.38. The molecule has 184 valence electrons. The maximum atomic E-state index is 6.35. The van der Waals surface area contributed by atoms with Gasteiger partial charge in [0.2, 0.25) is 5.88 Å². The first-order valence-corrected chi connectivity index (χ1v) is 12.5. The van der Waals surface area contributed by atoms with E-state index in [1.54, 1.807) is 23.1 Å². The van der Waals surface area contributed by atoms with E-state index in [0.717, 1.165) is 38.8 Å². The predicted molar refractivity (Wildman–Crippen MR) is 146 cm³/mol. The Morgan fingerprint density at radius 3 is 2.63 bits per heavy atom. The molecule has 7 rings (SSSR count). The number of nitrogens with zero attached hydrogens (tertiary/aromatic N) is 5. The van der Waals surface area contributed by atoms with Crippen LogP contribution in [0.5, 0.6) is 11.6 Å². The average molecular weight is 518 g/mol. The number of oxime groups is 1. The van der Waals surface area contributed by atoms with Crippen molar-refractivity contribution in [1.29, 1.82) is 0 Å². The summed E-state index contributed by atoms with van der Waals surface area (Å²) in [5, 5.41) is 11.5. The van der Waals surface area contributed by atoms with Crippen molar-refractivity contribution in [1.82, 2.24) is 19.6 Å². The molecule has 6 aromatic rings. The molecule has 0 radical (unpaired) electrons. The van der Waals surface area contributed by atoms with Gasteiger partial charge in [0.15, 0.2) is 18.1 Å². The highest BCUT2D eigenvalue weighted by molar-refractivity contribution is 6.33. The lowest BCUT2D eigenvalue weighted by atomic mass is 9.81. The van der Waals surface area contributed by atoms with Crippen LogP contribution in [0.1, 0.15) is 34.0 Å². The summed E-state index contributed by atoms with van der Waals surface area (Å²) in [5.41, 5.74) is 4.50. The molecule has 1 aliphatic heterocycles. The molecule has 38 heavy (non-hydrogen) atoms. The van der Waals surface area contributed by atoms with E-state index in [4.69, 9.17) is 26.2 Å². The quantitative estimate of drug-likeness (QED) is 0.186. The van der Waals surface area contributed by atoms with Crippen LogP contribution in [0.25, 0.3) is 16.4 Å². The molecule has 0 spiro atoms. The molecule has 8 heteroatoms. The molecule has 1 unspecified atom stereocenters. The monoisotopic (exact) mass is 517 g/mol. The maximum absolute atomic E-state index is 6.35. The van der Waals surface area contributed by atoms with Crippen LogP contribution >= 0.6 is 11.6 Å². The van der Waals surface area contributed by atoms with E-state index in [9.17, 15) is 0 Å².